The van der Waals surface area contributed by atoms with Gasteiger partial charge in [0.15, 0.2) is 11.6 Å². The molecule has 0 bridgehead atoms. The normalized spacial score (nSPS) is 14.9. The van der Waals surface area contributed by atoms with Crippen LogP contribution in [0.1, 0.15) is 37.4 Å². The quantitative estimate of drug-likeness (QED) is 0.364. The van der Waals surface area contributed by atoms with E-state index in [1.807, 2.05) is 22.9 Å². The molecule has 0 spiro atoms. The molecule has 0 aliphatic heterocycles. The van der Waals surface area contributed by atoms with Gasteiger partial charge < -0.3 is 9.13 Å². The molecule has 0 radical (unpaired) electrons. The number of pyridine rings is 1. The Kier molecular flexibility index (Phi) is 4.99. The van der Waals surface area contributed by atoms with Crippen LogP contribution in [0.25, 0.3) is 33.8 Å². The molecule has 0 saturated heterocycles. The number of alkyl halides is 3. The largest absolute Gasteiger partial charge is 0.408 e. The van der Waals surface area contributed by atoms with Gasteiger partial charge in [0.1, 0.15) is 18.1 Å². The van der Waals surface area contributed by atoms with Gasteiger partial charge in [-0.3, -0.25) is 4.79 Å². The molecule has 182 valence electrons. The third-order valence-corrected chi connectivity index (χ3v) is 6.31. The molecule has 1 atom stereocenters. The summed E-state index contributed by atoms with van der Waals surface area (Å²) in [5.74, 6) is 0.596. The van der Waals surface area contributed by atoms with Gasteiger partial charge in [-0.25, -0.2) is 9.97 Å². The van der Waals surface area contributed by atoms with Crippen LogP contribution >= 0.6 is 0 Å². The first-order chi connectivity index (χ1) is 17.3. The predicted molar refractivity (Wildman–Crippen MR) is 124 cm³/mol. The number of aromatic nitrogens is 8. The number of rotatable bonds is 5. The Morgan fingerprint density at radius 1 is 1.11 bits per heavy atom. The van der Waals surface area contributed by atoms with E-state index in [2.05, 4.69) is 25.3 Å². The number of halogens is 3. The van der Waals surface area contributed by atoms with Crippen LogP contribution in [0, 0.1) is 0 Å². The lowest BCUT2D eigenvalue weighted by Gasteiger charge is -2.18. The molecule has 4 aromatic heterocycles. The van der Waals surface area contributed by atoms with Gasteiger partial charge in [0.25, 0.3) is 5.56 Å². The van der Waals surface area contributed by atoms with E-state index in [1.54, 1.807) is 30.7 Å². The van der Waals surface area contributed by atoms with E-state index in [1.165, 1.54) is 6.07 Å². The summed E-state index contributed by atoms with van der Waals surface area (Å²) < 4.78 is 43.8. The molecule has 0 N–H and O–H groups in total. The van der Waals surface area contributed by atoms with E-state index in [4.69, 9.17) is 0 Å². The minimum atomic E-state index is -4.49. The van der Waals surface area contributed by atoms with Crippen LogP contribution in [-0.4, -0.2) is 45.3 Å². The van der Waals surface area contributed by atoms with Crippen molar-refractivity contribution in [3.8, 4) is 23.0 Å². The highest BCUT2D eigenvalue weighted by Gasteiger charge is 2.38. The Bertz CT molecular complexity index is 1650. The Morgan fingerprint density at radius 3 is 2.72 bits per heavy atom. The molecular formula is C24H19F3N8O. The van der Waals surface area contributed by atoms with Crippen molar-refractivity contribution in [1.82, 2.24) is 39.1 Å². The molecule has 4 heterocycles. The highest BCUT2D eigenvalue weighted by Crippen LogP contribution is 2.39. The fourth-order valence-corrected chi connectivity index (χ4v) is 4.05. The average molecular weight is 492 g/mol. The van der Waals surface area contributed by atoms with Crippen molar-refractivity contribution in [3.05, 3.63) is 77.5 Å². The average Bonchev–Trinajstić information content (AvgIpc) is 3.39. The second kappa shape index (κ2) is 8.11. The van der Waals surface area contributed by atoms with Crippen LogP contribution < -0.4 is 5.56 Å². The fourth-order valence-electron chi connectivity index (χ4n) is 4.05. The molecule has 12 heteroatoms. The van der Waals surface area contributed by atoms with Crippen molar-refractivity contribution in [2.24, 2.45) is 0 Å². The maximum Gasteiger partial charge on any atom is 0.408 e. The minimum absolute atomic E-state index is 0.0654. The van der Waals surface area contributed by atoms with Gasteiger partial charge >= 0.3 is 6.18 Å². The molecule has 1 aliphatic rings. The molecule has 9 nitrogen and oxygen atoms in total. The van der Waals surface area contributed by atoms with E-state index in [9.17, 15) is 18.0 Å². The van der Waals surface area contributed by atoms with Gasteiger partial charge in [0.05, 0.1) is 23.6 Å². The Hall–Kier alpha value is -4.35. The summed E-state index contributed by atoms with van der Waals surface area (Å²) in [5, 5.41) is 12.8. The molecule has 1 saturated carbocycles. The lowest BCUT2D eigenvalue weighted by atomic mass is 10.2. The van der Waals surface area contributed by atoms with E-state index in [0.29, 0.717) is 16.7 Å². The van der Waals surface area contributed by atoms with E-state index in [-0.39, 0.29) is 17.3 Å². The first-order valence-corrected chi connectivity index (χ1v) is 11.3. The van der Waals surface area contributed by atoms with Crippen LogP contribution in [0.2, 0.25) is 0 Å². The van der Waals surface area contributed by atoms with Crippen molar-refractivity contribution in [3.63, 3.8) is 0 Å². The van der Waals surface area contributed by atoms with Crippen molar-refractivity contribution in [2.45, 2.75) is 37.9 Å². The van der Waals surface area contributed by atoms with Gasteiger partial charge in [-0.05, 0) is 44.0 Å². The molecular weight excluding hydrogens is 473 g/mol. The van der Waals surface area contributed by atoms with Gasteiger partial charge in [-0.2, -0.15) is 23.0 Å². The topological polar surface area (TPSA) is 96.3 Å². The number of hydrogen-bond acceptors (Lipinski definition) is 6. The van der Waals surface area contributed by atoms with Crippen LogP contribution in [0.4, 0.5) is 13.2 Å². The highest BCUT2D eigenvalue weighted by molar-refractivity contribution is 5.83. The summed E-state index contributed by atoms with van der Waals surface area (Å²) in [6.45, 7) is 1.01. The van der Waals surface area contributed by atoms with E-state index < -0.39 is 17.8 Å². The zero-order valence-electron chi connectivity index (χ0n) is 19.0. The number of nitrogens with zero attached hydrogens (tertiary/aromatic N) is 8. The van der Waals surface area contributed by atoms with Gasteiger partial charge in [0.2, 0.25) is 0 Å². The maximum absolute atomic E-state index is 13.4. The Labute approximate surface area is 201 Å². The third-order valence-electron chi connectivity index (χ3n) is 6.31. The van der Waals surface area contributed by atoms with E-state index >= 15 is 0 Å². The van der Waals surface area contributed by atoms with Crippen molar-refractivity contribution < 1.29 is 13.2 Å². The van der Waals surface area contributed by atoms with Gasteiger partial charge in [-0.15, -0.1) is 10.2 Å². The Morgan fingerprint density at radius 2 is 1.94 bits per heavy atom. The summed E-state index contributed by atoms with van der Waals surface area (Å²) in [6, 6.07) is 8.25. The number of imidazole rings is 1. The molecule has 5 aromatic rings. The van der Waals surface area contributed by atoms with Crippen LogP contribution in [0.15, 0.2) is 66.2 Å². The van der Waals surface area contributed by atoms with Crippen molar-refractivity contribution in [1.29, 1.82) is 0 Å². The number of benzene rings is 1. The zero-order valence-corrected chi connectivity index (χ0v) is 19.0. The monoisotopic (exact) mass is 492 g/mol. The lowest BCUT2D eigenvalue weighted by Crippen LogP contribution is -2.24. The fraction of sp³-hybridized carbons (Fsp3) is 0.250. The molecule has 1 aromatic carbocycles. The number of hydrogen-bond donors (Lipinski definition) is 0. The summed E-state index contributed by atoms with van der Waals surface area (Å²) in [7, 11) is 0. The first kappa shape index (κ1) is 22.1. The minimum Gasteiger partial charge on any atom is -0.306 e. The lowest BCUT2D eigenvalue weighted by molar-refractivity contribution is -0.162. The van der Waals surface area contributed by atoms with Gasteiger partial charge in [-0.1, -0.05) is 12.1 Å². The van der Waals surface area contributed by atoms with Gasteiger partial charge in [0, 0.05) is 23.2 Å². The summed E-state index contributed by atoms with van der Waals surface area (Å²) in [4.78, 5) is 22.2. The van der Waals surface area contributed by atoms with Crippen LogP contribution in [0.3, 0.4) is 0 Å². The zero-order chi connectivity index (χ0) is 25.0. The SMILES string of the molecule is C[C@H](n1cnnc1-c1cccc(-n2ncc3ccc(-n4cnc(C5CC5)c4)cc3c2=O)n1)C(F)(F)F. The highest BCUT2D eigenvalue weighted by atomic mass is 19.4. The predicted octanol–water partition coefficient (Wildman–Crippen LogP) is 4.23. The van der Waals surface area contributed by atoms with Crippen molar-refractivity contribution >= 4 is 10.8 Å². The first-order valence-electron chi connectivity index (χ1n) is 11.3. The Balaban J connectivity index is 1.40. The standard InChI is InChI=1S/C24H19F3N8O/c1-14(24(25,26)27)34-13-29-32-22(34)19-3-2-4-21(31-19)35-23(36)18-9-17(8-7-16(18)10-30-35)33-11-20(28-12-33)15-5-6-15/h2-4,7-15H,5-6H2,1H3/t14-/m0/s1. The molecule has 0 unspecified atom stereocenters. The smallest absolute Gasteiger partial charge is 0.306 e. The summed E-state index contributed by atoms with van der Waals surface area (Å²) in [6.07, 6.45) is 4.06. The second-order valence-corrected chi connectivity index (χ2v) is 8.77. The third kappa shape index (κ3) is 3.84. The molecule has 6 rings (SSSR count). The summed E-state index contributed by atoms with van der Waals surface area (Å²) >= 11 is 0. The van der Waals surface area contributed by atoms with Crippen LogP contribution in [-0.2, 0) is 0 Å². The maximum atomic E-state index is 13.4. The van der Waals surface area contributed by atoms with Crippen LogP contribution in [0.5, 0.6) is 0 Å². The molecule has 36 heavy (non-hydrogen) atoms. The molecule has 0 amide bonds. The molecule has 1 fully saturated rings. The van der Waals surface area contributed by atoms with Crippen molar-refractivity contribution in [2.75, 3.05) is 0 Å². The molecule has 1 aliphatic carbocycles. The summed E-state index contributed by atoms with van der Waals surface area (Å²) in [5.41, 5.74) is 1.55. The number of fused-ring (bicyclic) bond motifs is 1. The van der Waals surface area contributed by atoms with E-state index in [0.717, 1.165) is 46.7 Å². The second-order valence-electron chi connectivity index (χ2n) is 8.77.